The lowest BCUT2D eigenvalue weighted by atomic mass is 10.4. The first-order chi connectivity index (χ1) is 6.61. The molecule has 5 heteroatoms. The van der Waals surface area contributed by atoms with E-state index in [-0.39, 0.29) is 0 Å². The molecule has 80 valence electrons. The Kier molecular flexibility index (Phi) is 3.22. The molecule has 5 nitrogen and oxygen atoms in total. The Labute approximate surface area is 84.4 Å². The van der Waals surface area contributed by atoms with Crippen molar-refractivity contribution in [3.05, 3.63) is 0 Å². The van der Waals surface area contributed by atoms with E-state index in [1.54, 1.807) is 11.8 Å². The van der Waals surface area contributed by atoms with Crippen molar-refractivity contribution in [2.24, 2.45) is 0 Å². The van der Waals surface area contributed by atoms with Gasteiger partial charge in [0, 0.05) is 20.6 Å². The quantitative estimate of drug-likeness (QED) is 0.782. The van der Waals surface area contributed by atoms with Gasteiger partial charge < -0.3 is 15.4 Å². The average molecular weight is 198 g/mol. The highest BCUT2D eigenvalue weighted by Gasteiger charge is 2.17. The van der Waals surface area contributed by atoms with E-state index in [0.29, 0.717) is 11.7 Å². The predicted octanol–water partition coefficient (Wildman–Crippen LogP) is 0.950. The Morgan fingerprint density at radius 3 is 2.50 bits per heavy atom. The molecular weight excluding hydrogens is 180 g/mol. The van der Waals surface area contributed by atoms with Crippen LogP contribution in [0.5, 0.6) is 5.88 Å². The molecule has 0 saturated carbocycles. The largest absolute Gasteiger partial charge is 0.478 e. The summed E-state index contributed by atoms with van der Waals surface area (Å²) in [5.74, 6) is 1.25. The highest BCUT2D eigenvalue weighted by molar-refractivity contribution is 5.69. The van der Waals surface area contributed by atoms with Crippen LogP contribution >= 0.6 is 0 Å². The Bertz CT molecular complexity index is 306. The minimum Gasteiger partial charge on any atom is -0.478 e. The van der Waals surface area contributed by atoms with Gasteiger partial charge in [-0.25, -0.2) is 4.68 Å². The van der Waals surface area contributed by atoms with Crippen LogP contribution in [0.4, 0.5) is 11.5 Å². The summed E-state index contributed by atoms with van der Waals surface area (Å²) in [5.41, 5.74) is 6.79. The number of rotatable bonds is 4. The van der Waals surface area contributed by atoms with Crippen LogP contribution in [0.25, 0.3) is 0 Å². The minimum atomic E-state index is 0.584. The van der Waals surface area contributed by atoms with E-state index in [0.717, 1.165) is 18.7 Å². The summed E-state index contributed by atoms with van der Waals surface area (Å²) in [6.45, 7) is 2.90. The summed E-state index contributed by atoms with van der Waals surface area (Å²) >= 11 is 0. The molecule has 0 amide bonds. The molecule has 14 heavy (non-hydrogen) atoms. The van der Waals surface area contributed by atoms with Crippen LogP contribution in [0, 0.1) is 0 Å². The molecule has 1 aromatic heterocycles. The summed E-state index contributed by atoms with van der Waals surface area (Å²) in [5, 5.41) is 4.27. The second-order valence-corrected chi connectivity index (χ2v) is 3.36. The molecule has 0 unspecified atom stereocenters. The molecule has 0 fully saturated rings. The first kappa shape index (κ1) is 10.7. The normalized spacial score (nSPS) is 10.3. The second kappa shape index (κ2) is 4.21. The summed E-state index contributed by atoms with van der Waals surface area (Å²) < 4.78 is 6.93. The number of hydrogen-bond donors (Lipinski definition) is 1. The van der Waals surface area contributed by atoms with Gasteiger partial charge in [-0.05, 0) is 6.42 Å². The van der Waals surface area contributed by atoms with Gasteiger partial charge in [0.1, 0.15) is 11.5 Å². The van der Waals surface area contributed by atoms with Crippen LogP contribution in [0.3, 0.4) is 0 Å². The van der Waals surface area contributed by atoms with Gasteiger partial charge in [-0.2, -0.15) is 0 Å². The monoisotopic (exact) mass is 198 g/mol. The molecule has 0 spiro atoms. The van der Waals surface area contributed by atoms with Gasteiger partial charge in [-0.3, -0.25) is 0 Å². The minimum absolute atomic E-state index is 0.584. The third-order valence-corrected chi connectivity index (χ3v) is 2.01. The maximum absolute atomic E-state index is 5.95. The predicted molar refractivity (Wildman–Crippen MR) is 57.8 cm³/mol. The van der Waals surface area contributed by atoms with Crippen molar-refractivity contribution in [1.29, 1.82) is 0 Å². The van der Waals surface area contributed by atoms with Crippen LogP contribution in [0.2, 0.25) is 0 Å². The van der Waals surface area contributed by atoms with Crippen molar-refractivity contribution in [1.82, 2.24) is 9.78 Å². The van der Waals surface area contributed by atoms with Gasteiger partial charge in [0.05, 0.1) is 7.11 Å². The smallest absolute Gasteiger partial charge is 0.258 e. The van der Waals surface area contributed by atoms with E-state index in [1.165, 1.54) is 0 Å². The summed E-state index contributed by atoms with van der Waals surface area (Å²) in [4.78, 5) is 1.91. The Balaban J connectivity index is 3.11. The van der Waals surface area contributed by atoms with Gasteiger partial charge in [-0.1, -0.05) is 6.92 Å². The van der Waals surface area contributed by atoms with Crippen LogP contribution < -0.4 is 15.4 Å². The van der Waals surface area contributed by atoms with E-state index >= 15 is 0 Å². The molecule has 1 rings (SSSR count). The van der Waals surface area contributed by atoms with Crippen LogP contribution in [-0.4, -0.2) is 31.0 Å². The fourth-order valence-corrected chi connectivity index (χ4v) is 1.38. The number of nitrogens with two attached hydrogens (primary N) is 1. The number of nitrogen functional groups attached to an aromatic ring is 1. The summed E-state index contributed by atoms with van der Waals surface area (Å²) in [6.07, 6.45) is 1.00. The van der Waals surface area contributed by atoms with Gasteiger partial charge in [-0.15, -0.1) is 5.10 Å². The molecule has 1 aromatic rings. The number of hydrogen-bond acceptors (Lipinski definition) is 4. The fraction of sp³-hybridized carbons (Fsp3) is 0.667. The van der Waals surface area contributed by atoms with Crippen molar-refractivity contribution in [3.8, 4) is 5.88 Å². The zero-order valence-electron chi connectivity index (χ0n) is 9.24. The third-order valence-electron chi connectivity index (χ3n) is 2.01. The lowest BCUT2D eigenvalue weighted by Gasteiger charge is -2.12. The topological polar surface area (TPSA) is 56.3 Å². The van der Waals surface area contributed by atoms with Crippen LogP contribution in [-0.2, 0) is 6.54 Å². The van der Waals surface area contributed by atoms with E-state index in [1.807, 2.05) is 19.0 Å². The maximum Gasteiger partial charge on any atom is 0.258 e. The Morgan fingerprint density at radius 2 is 2.14 bits per heavy atom. The first-order valence-electron chi connectivity index (χ1n) is 4.69. The molecule has 1 heterocycles. The number of aryl methyl sites for hydroxylation is 1. The van der Waals surface area contributed by atoms with Gasteiger partial charge in [0.25, 0.3) is 5.88 Å². The molecule has 0 aliphatic carbocycles. The van der Waals surface area contributed by atoms with E-state index in [9.17, 15) is 0 Å². The highest BCUT2D eigenvalue weighted by atomic mass is 16.5. The molecule has 0 aliphatic rings. The van der Waals surface area contributed by atoms with Crippen molar-refractivity contribution in [2.45, 2.75) is 19.9 Å². The molecule has 0 aromatic carbocycles. The Hall–Kier alpha value is -1.39. The van der Waals surface area contributed by atoms with Crippen molar-refractivity contribution < 1.29 is 4.74 Å². The maximum atomic E-state index is 5.95. The van der Waals surface area contributed by atoms with E-state index < -0.39 is 0 Å². The molecule has 2 N–H and O–H groups in total. The second-order valence-electron chi connectivity index (χ2n) is 3.36. The van der Waals surface area contributed by atoms with Crippen molar-refractivity contribution in [2.75, 3.05) is 31.8 Å². The van der Waals surface area contributed by atoms with E-state index in [4.69, 9.17) is 10.5 Å². The highest BCUT2D eigenvalue weighted by Crippen LogP contribution is 2.32. The Morgan fingerprint density at radius 1 is 1.50 bits per heavy atom. The lowest BCUT2D eigenvalue weighted by Crippen LogP contribution is -2.12. The van der Waals surface area contributed by atoms with Gasteiger partial charge in [0.2, 0.25) is 0 Å². The lowest BCUT2D eigenvalue weighted by molar-refractivity contribution is 0.388. The molecule has 0 radical (unpaired) electrons. The van der Waals surface area contributed by atoms with E-state index in [2.05, 4.69) is 12.0 Å². The van der Waals surface area contributed by atoms with Gasteiger partial charge >= 0.3 is 0 Å². The fourth-order valence-electron chi connectivity index (χ4n) is 1.38. The molecule has 0 atom stereocenters. The van der Waals surface area contributed by atoms with Crippen LogP contribution in [0.15, 0.2) is 0 Å². The number of anilines is 2. The third kappa shape index (κ3) is 1.76. The number of nitrogens with zero attached hydrogens (tertiary/aromatic N) is 3. The van der Waals surface area contributed by atoms with Crippen molar-refractivity contribution in [3.63, 3.8) is 0 Å². The standard InChI is InChI=1S/C9H18N4O/c1-5-6-13-8(10)7(12(2)3)9(11-13)14-4/h5-6,10H2,1-4H3. The molecular formula is C9H18N4O. The summed E-state index contributed by atoms with van der Waals surface area (Å²) in [6, 6.07) is 0. The number of ether oxygens (including phenoxy) is 1. The zero-order valence-corrected chi connectivity index (χ0v) is 9.24. The zero-order chi connectivity index (χ0) is 10.7. The first-order valence-corrected chi connectivity index (χ1v) is 4.69. The molecule has 0 bridgehead atoms. The SMILES string of the molecule is CCCn1nc(OC)c(N(C)C)c1N. The van der Waals surface area contributed by atoms with Gasteiger partial charge in [0.15, 0.2) is 0 Å². The molecule has 0 saturated heterocycles. The summed E-state index contributed by atoms with van der Waals surface area (Å²) in [7, 11) is 5.45. The van der Waals surface area contributed by atoms with Crippen molar-refractivity contribution >= 4 is 11.5 Å². The number of aromatic nitrogens is 2. The van der Waals surface area contributed by atoms with Crippen LogP contribution in [0.1, 0.15) is 13.3 Å². The molecule has 0 aliphatic heterocycles. The average Bonchev–Trinajstić information content (AvgIpc) is 2.44. The number of methoxy groups -OCH3 is 1.